The molecular weight excluding hydrogens is 1030 g/mol. The van der Waals surface area contributed by atoms with E-state index in [4.69, 9.17) is 4.98 Å². The van der Waals surface area contributed by atoms with Gasteiger partial charge >= 0.3 is 0 Å². The molecule has 14 aromatic rings. The Morgan fingerprint density at radius 1 is 0.376 bits per heavy atom. The lowest BCUT2D eigenvalue weighted by Gasteiger charge is -2.63. The Hall–Kier alpha value is -9.19. The van der Waals surface area contributed by atoms with Gasteiger partial charge in [0.2, 0.25) is 0 Å². The van der Waals surface area contributed by atoms with Crippen molar-refractivity contribution in [3.63, 3.8) is 0 Å². The normalized spacial score (nSPS) is 23.9. The highest BCUT2D eigenvalue weighted by atomic mass is 15.1. The van der Waals surface area contributed by atoms with Gasteiger partial charge < -0.3 is 18.1 Å². The molecule has 6 aliphatic carbocycles. The van der Waals surface area contributed by atoms with E-state index in [2.05, 4.69) is 267 Å². The molecule has 5 aromatic heterocycles. The van der Waals surface area contributed by atoms with Gasteiger partial charge in [-0.3, -0.25) is 0 Å². The van der Waals surface area contributed by atoms with Gasteiger partial charge in [0.25, 0.3) is 0 Å². The SMILES string of the molecule is c1ccc(-c2cn(C34CC5CC(CC(c6ccc(-n7c8ccccc8c8ccccc87)cc6)(C5)C3)C4)c3ccccc23)cc1.c1ccc2c(c1)c1ccccc1n2-c1ccc(C2CC3CC2CC3c2ccc(-c3cn4ccccc4n3)cc2)cc1. The Morgan fingerprint density at radius 3 is 1.40 bits per heavy atom. The van der Waals surface area contributed by atoms with E-state index < -0.39 is 0 Å². The minimum Gasteiger partial charge on any atom is -0.341 e. The molecule has 5 nitrogen and oxygen atoms in total. The fourth-order valence-electron chi connectivity index (χ4n) is 18.6. The number of hydrogen-bond donors (Lipinski definition) is 0. The van der Waals surface area contributed by atoms with Crippen LogP contribution in [0.25, 0.3) is 93.9 Å². The Labute approximate surface area is 496 Å². The predicted octanol–water partition coefficient (Wildman–Crippen LogP) is 20.0. The number of rotatable bonds is 8. The molecule has 9 aromatic carbocycles. The third-order valence-corrected chi connectivity index (χ3v) is 21.7. The van der Waals surface area contributed by atoms with Crippen LogP contribution in [0.5, 0.6) is 0 Å². The lowest BCUT2D eigenvalue weighted by Crippen LogP contribution is -2.58. The quantitative estimate of drug-likeness (QED) is 0.149. The number of fused-ring (bicyclic) bond motifs is 10. The zero-order chi connectivity index (χ0) is 55.8. The molecule has 5 heterocycles. The Kier molecular flexibility index (Phi) is 11.1. The first-order valence-corrected chi connectivity index (χ1v) is 31.4. The molecule has 5 heteroatoms. The van der Waals surface area contributed by atoms with Crippen molar-refractivity contribution in [2.24, 2.45) is 23.7 Å². The largest absolute Gasteiger partial charge is 0.341 e. The summed E-state index contributed by atoms with van der Waals surface area (Å²) in [6.07, 6.45) is 18.6. The maximum atomic E-state index is 4.81. The first kappa shape index (κ1) is 49.3. The summed E-state index contributed by atoms with van der Waals surface area (Å²) < 4.78 is 9.71. The molecule has 0 radical (unpaired) electrons. The topological polar surface area (TPSA) is 32.1 Å². The Balaban J connectivity index is 0.000000129. The summed E-state index contributed by atoms with van der Waals surface area (Å²) in [6.45, 7) is 0. The molecule has 6 bridgehead atoms. The van der Waals surface area contributed by atoms with Gasteiger partial charge in [-0.05, 0) is 188 Å². The molecule has 85 heavy (non-hydrogen) atoms. The van der Waals surface area contributed by atoms with Gasteiger partial charge in [0.1, 0.15) is 5.65 Å². The molecule has 6 saturated carbocycles. The van der Waals surface area contributed by atoms with E-state index in [9.17, 15) is 0 Å². The first-order valence-electron chi connectivity index (χ1n) is 31.4. The molecule has 0 amide bonds. The third kappa shape index (κ3) is 7.85. The summed E-state index contributed by atoms with van der Waals surface area (Å²) in [4.78, 5) is 4.81. The monoisotopic (exact) mass is 1100 g/mol. The van der Waals surface area contributed by atoms with E-state index >= 15 is 0 Å². The maximum Gasteiger partial charge on any atom is 0.137 e. The van der Waals surface area contributed by atoms with Gasteiger partial charge in [0.05, 0.1) is 27.8 Å². The fourth-order valence-corrected chi connectivity index (χ4v) is 18.6. The van der Waals surface area contributed by atoms with Crippen molar-refractivity contribution in [2.45, 2.75) is 80.6 Å². The molecule has 0 aliphatic heterocycles. The van der Waals surface area contributed by atoms with Crippen molar-refractivity contribution in [3.05, 3.63) is 278 Å². The van der Waals surface area contributed by atoms with Crippen LogP contribution in [0.4, 0.5) is 0 Å². The third-order valence-electron chi connectivity index (χ3n) is 21.7. The second kappa shape index (κ2) is 19.2. The summed E-state index contributed by atoms with van der Waals surface area (Å²) in [6, 6.07) is 90.0. The number of pyridine rings is 1. The number of benzene rings is 9. The second-order valence-electron chi connectivity index (χ2n) is 26.3. The second-order valence-corrected chi connectivity index (χ2v) is 26.3. The molecular formula is C80H67N5. The lowest BCUT2D eigenvalue weighted by molar-refractivity contribution is -0.0606. The number of para-hydroxylation sites is 5. The Bertz CT molecular complexity index is 4710. The highest BCUT2D eigenvalue weighted by molar-refractivity contribution is 6.10. The number of nitrogens with zero attached hydrogens (tertiary/aromatic N) is 5. The van der Waals surface area contributed by atoms with Gasteiger partial charge in [-0.2, -0.15) is 0 Å². The van der Waals surface area contributed by atoms with Crippen LogP contribution in [0.15, 0.2) is 261 Å². The van der Waals surface area contributed by atoms with Crippen molar-refractivity contribution in [3.8, 4) is 33.8 Å². The van der Waals surface area contributed by atoms with Crippen molar-refractivity contribution >= 4 is 60.2 Å². The zero-order valence-corrected chi connectivity index (χ0v) is 47.9. The highest BCUT2D eigenvalue weighted by Gasteiger charge is 2.59. The summed E-state index contributed by atoms with van der Waals surface area (Å²) >= 11 is 0. The minimum absolute atomic E-state index is 0.183. The van der Waals surface area contributed by atoms with Crippen molar-refractivity contribution in [2.75, 3.05) is 0 Å². The first-order chi connectivity index (χ1) is 42.0. The van der Waals surface area contributed by atoms with Gasteiger partial charge in [-0.15, -0.1) is 0 Å². The number of hydrogen-bond acceptors (Lipinski definition) is 1. The van der Waals surface area contributed by atoms with Crippen LogP contribution in [-0.4, -0.2) is 23.1 Å². The summed E-state index contributed by atoms with van der Waals surface area (Å²) in [5.74, 6) is 4.53. The lowest BCUT2D eigenvalue weighted by atomic mass is 9.45. The van der Waals surface area contributed by atoms with Crippen molar-refractivity contribution in [1.82, 2.24) is 23.1 Å². The average Bonchev–Trinajstić information content (AvgIpc) is 1.82. The van der Waals surface area contributed by atoms with E-state index in [0.29, 0.717) is 11.8 Å². The van der Waals surface area contributed by atoms with Crippen LogP contribution in [0.1, 0.15) is 86.3 Å². The van der Waals surface area contributed by atoms with E-state index in [-0.39, 0.29) is 11.0 Å². The molecule has 6 aliphatic rings. The number of imidazole rings is 1. The van der Waals surface area contributed by atoms with E-state index in [1.54, 1.807) is 5.56 Å². The highest BCUT2D eigenvalue weighted by Crippen LogP contribution is 2.66. The van der Waals surface area contributed by atoms with Crippen molar-refractivity contribution in [1.29, 1.82) is 0 Å². The molecule has 0 saturated heterocycles. The Morgan fingerprint density at radius 2 is 0.859 bits per heavy atom. The smallest absolute Gasteiger partial charge is 0.137 e. The molecule has 412 valence electrons. The van der Waals surface area contributed by atoms with Gasteiger partial charge in [-0.25, -0.2) is 4.98 Å². The minimum atomic E-state index is 0.183. The van der Waals surface area contributed by atoms with Gasteiger partial charge in [0, 0.05) is 79.1 Å². The standard InChI is InChI=1S/C42H36N2.C38H31N3/c1-2-10-31(11-3-1)37-27-43(38-15-7-4-14-36(37)38)42-25-29-22-30(26-42)24-41(23-29,28-42)32-18-20-33(21-19-32)44-39-16-8-5-12-34(39)35-13-6-9-17-40(35)44;1-3-9-36-31(7-1)32-8-2-4-10-37(32)41(36)30-18-16-26(17-19-30)34-23-28-21-29(34)22-33(28)25-12-14-27(15-13-25)35-24-40-20-6-5-11-38(40)39-35/h1-21,27,29-30H,22-26,28H2;1-20,24,28-29,33-34H,21-23H2. The van der Waals surface area contributed by atoms with E-state index in [1.807, 2.05) is 12.1 Å². The summed E-state index contributed by atoms with van der Waals surface area (Å²) in [7, 11) is 0. The van der Waals surface area contributed by atoms with Gasteiger partial charge in [0.15, 0.2) is 0 Å². The molecule has 0 N–H and O–H groups in total. The zero-order valence-electron chi connectivity index (χ0n) is 47.9. The van der Waals surface area contributed by atoms with E-state index in [1.165, 1.54) is 151 Å². The molecule has 6 atom stereocenters. The fraction of sp³-hybridized carbons (Fsp3) is 0.212. The average molecular weight is 1100 g/mol. The number of aromatic nitrogens is 5. The predicted molar refractivity (Wildman–Crippen MR) is 350 cm³/mol. The van der Waals surface area contributed by atoms with E-state index in [0.717, 1.165) is 35.0 Å². The van der Waals surface area contributed by atoms with Crippen molar-refractivity contribution < 1.29 is 0 Å². The van der Waals surface area contributed by atoms with Crippen LogP contribution >= 0.6 is 0 Å². The van der Waals surface area contributed by atoms with Crippen LogP contribution in [0, 0.1) is 23.7 Å². The molecule has 20 rings (SSSR count). The van der Waals surface area contributed by atoms with Crippen LogP contribution in [-0.2, 0) is 11.0 Å². The molecule has 0 spiro atoms. The van der Waals surface area contributed by atoms with Gasteiger partial charge in [-0.1, -0.05) is 176 Å². The molecule has 6 fully saturated rings. The van der Waals surface area contributed by atoms with Crippen LogP contribution in [0.3, 0.4) is 0 Å². The summed E-state index contributed by atoms with van der Waals surface area (Å²) in [5.41, 5.74) is 20.0. The maximum absolute atomic E-state index is 4.81. The van der Waals surface area contributed by atoms with Crippen LogP contribution in [0.2, 0.25) is 0 Å². The summed E-state index contributed by atoms with van der Waals surface area (Å²) in [5, 5.41) is 6.67. The van der Waals surface area contributed by atoms with Crippen LogP contribution < -0.4 is 0 Å². The molecule has 6 unspecified atom stereocenters.